The SMILES string of the molecule is C1=CC(P(c2ccccc2)c2ccccc2)C=C1.[Cl][Pd][Cl].[Fe]. The van der Waals surface area contributed by atoms with Gasteiger partial charge in [-0.15, -0.1) is 0 Å². The third kappa shape index (κ3) is 5.96. The number of hydrogen-bond donors (Lipinski definition) is 0. The number of rotatable bonds is 3. The van der Waals surface area contributed by atoms with Crippen LogP contribution in [-0.2, 0) is 33.0 Å². The summed E-state index contributed by atoms with van der Waals surface area (Å²) in [6.45, 7) is 0. The van der Waals surface area contributed by atoms with Gasteiger partial charge in [-0.3, -0.25) is 0 Å². The molecule has 2 aromatic carbocycles. The Morgan fingerprint density at radius 2 is 1.09 bits per heavy atom. The summed E-state index contributed by atoms with van der Waals surface area (Å²) in [5, 5.41) is 2.89. The van der Waals surface area contributed by atoms with Gasteiger partial charge in [0.1, 0.15) is 0 Å². The van der Waals surface area contributed by atoms with E-state index in [2.05, 4.69) is 85.0 Å². The monoisotopic (exact) mass is 482 g/mol. The fourth-order valence-electron chi connectivity index (χ4n) is 2.26. The second-order valence-corrected chi connectivity index (χ2v) is 9.08. The first-order valence-electron chi connectivity index (χ1n) is 6.43. The summed E-state index contributed by atoms with van der Waals surface area (Å²) in [5.41, 5.74) is 0.532. The average Bonchev–Trinajstić information content (AvgIpc) is 3.05. The fourth-order valence-corrected chi connectivity index (χ4v) is 4.78. The summed E-state index contributed by atoms with van der Waals surface area (Å²) < 4.78 is 0. The van der Waals surface area contributed by atoms with Crippen LogP contribution in [0.15, 0.2) is 85.0 Å². The molecule has 5 heteroatoms. The molecule has 0 fully saturated rings. The van der Waals surface area contributed by atoms with E-state index in [0.29, 0.717) is 5.66 Å². The van der Waals surface area contributed by atoms with Crippen LogP contribution in [0.25, 0.3) is 0 Å². The van der Waals surface area contributed by atoms with Gasteiger partial charge in [0.25, 0.3) is 0 Å². The molecule has 0 spiro atoms. The Balaban J connectivity index is 0.000000562. The number of hydrogen-bond acceptors (Lipinski definition) is 0. The molecule has 0 radical (unpaired) electrons. The normalized spacial score (nSPS) is 12.9. The smallest absolute Gasteiger partial charge is 0 e. The predicted octanol–water partition coefficient (Wildman–Crippen LogP) is 4.99. The van der Waals surface area contributed by atoms with Crippen molar-refractivity contribution < 1.29 is 33.0 Å². The minimum atomic E-state index is -0.326. The summed E-state index contributed by atoms with van der Waals surface area (Å²) in [7, 11) is 9.30. The quantitative estimate of drug-likeness (QED) is 0.427. The summed E-state index contributed by atoms with van der Waals surface area (Å²) in [5.74, 6) is 0. The van der Waals surface area contributed by atoms with Crippen LogP contribution in [0.1, 0.15) is 0 Å². The maximum Gasteiger partial charge on any atom is 0 e. The molecule has 0 saturated heterocycles. The number of allylic oxidation sites excluding steroid dienone is 4. The third-order valence-electron chi connectivity index (χ3n) is 3.09. The van der Waals surface area contributed by atoms with Crippen molar-refractivity contribution in [3.8, 4) is 0 Å². The van der Waals surface area contributed by atoms with Crippen LogP contribution in [0.4, 0.5) is 0 Å². The standard InChI is InChI=1S/C17H15P.2ClH.Fe.Pd/c1-3-9-15(10-4-1)18(17-13-7-8-14-17)16-11-5-2-6-12-16;;;;/h1-14,17H;2*1H;;/q;;;;+2/p-2. The molecule has 0 amide bonds. The van der Waals surface area contributed by atoms with E-state index >= 15 is 0 Å². The van der Waals surface area contributed by atoms with E-state index < -0.39 is 0 Å². The Morgan fingerprint density at radius 3 is 1.45 bits per heavy atom. The summed E-state index contributed by atoms with van der Waals surface area (Å²) in [6, 6.07) is 21.7. The van der Waals surface area contributed by atoms with E-state index in [4.69, 9.17) is 19.1 Å². The Bertz CT molecular complexity index is 539. The van der Waals surface area contributed by atoms with Gasteiger partial charge < -0.3 is 0 Å². The molecule has 0 bridgehead atoms. The predicted molar refractivity (Wildman–Crippen MR) is 92.8 cm³/mol. The molecular formula is C17H15Cl2FePPd. The van der Waals surface area contributed by atoms with Gasteiger partial charge >= 0.3 is 35.0 Å². The van der Waals surface area contributed by atoms with E-state index in [1.807, 2.05) is 0 Å². The van der Waals surface area contributed by atoms with E-state index in [9.17, 15) is 0 Å². The van der Waals surface area contributed by atoms with Gasteiger partial charge in [-0.25, -0.2) is 0 Å². The molecule has 0 atom stereocenters. The second kappa shape index (κ2) is 11.6. The Hall–Kier alpha value is 0.112. The second-order valence-electron chi connectivity index (χ2n) is 4.35. The van der Waals surface area contributed by atoms with Crippen molar-refractivity contribution in [1.82, 2.24) is 0 Å². The molecule has 0 heterocycles. The van der Waals surface area contributed by atoms with Crippen molar-refractivity contribution in [3.05, 3.63) is 85.0 Å². The zero-order valence-electron chi connectivity index (χ0n) is 11.5. The first-order chi connectivity index (χ1) is 10.4. The van der Waals surface area contributed by atoms with Gasteiger partial charge in [0, 0.05) is 22.7 Å². The molecule has 1 aliphatic rings. The first kappa shape index (κ1) is 20.2. The molecule has 0 aliphatic heterocycles. The summed E-state index contributed by atoms with van der Waals surface area (Å²) in [4.78, 5) is 0. The van der Waals surface area contributed by atoms with Gasteiger partial charge in [0.15, 0.2) is 0 Å². The topological polar surface area (TPSA) is 0 Å². The molecule has 0 aromatic heterocycles. The molecule has 3 rings (SSSR count). The van der Waals surface area contributed by atoms with Crippen LogP contribution in [0.2, 0.25) is 0 Å². The van der Waals surface area contributed by atoms with Gasteiger partial charge in [-0.1, -0.05) is 85.0 Å². The van der Waals surface area contributed by atoms with Crippen molar-refractivity contribution in [2.75, 3.05) is 0 Å². The molecule has 0 nitrogen and oxygen atoms in total. The Morgan fingerprint density at radius 1 is 0.727 bits per heavy atom. The minimum absolute atomic E-state index is 0. The van der Waals surface area contributed by atoms with Crippen LogP contribution in [-0.4, -0.2) is 5.66 Å². The zero-order valence-corrected chi connectivity index (χ0v) is 16.6. The van der Waals surface area contributed by atoms with Crippen LogP contribution in [0, 0.1) is 0 Å². The van der Waals surface area contributed by atoms with E-state index in [1.165, 1.54) is 10.6 Å². The largest absolute Gasteiger partial charge is 0 e. The van der Waals surface area contributed by atoms with Crippen LogP contribution in [0.3, 0.4) is 0 Å². The van der Waals surface area contributed by atoms with E-state index in [-0.39, 0.29) is 40.9 Å². The van der Waals surface area contributed by atoms with Crippen molar-refractivity contribution in [3.63, 3.8) is 0 Å². The van der Waals surface area contributed by atoms with Crippen molar-refractivity contribution in [1.29, 1.82) is 0 Å². The molecule has 0 unspecified atom stereocenters. The fraction of sp³-hybridized carbons (Fsp3) is 0.0588. The first-order valence-corrected chi connectivity index (χ1v) is 11.8. The molecule has 0 N–H and O–H groups in total. The van der Waals surface area contributed by atoms with Crippen molar-refractivity contribution in [2.24, 2.45) is 0 Å². The van der Waals surface area contributed by atoms with Crippen LogP contribution in [0.5, 0.6) is 0 Å². The zero-order chi connectivity index (χ0) is 14.9. The third-order valence-corrected chi connectivity index (χ3v) is 5.74. The molecular weight excluding hydrogens is 468 g/mol. The molecule has 120 valence electrons. The van der Waals surface area contributed by atoms with Crippen molar-refractivity contribution >= 4 is 37.6 Å². The number of benzene rings is 2. The maximum absolute atomic E-state index is 4.81. The van der Waals surface area contributed by atoms with Gasteiger partial charge in [0.2, 0.25) is 0 Å². The van der Waals surface area contributed by atoms with Crippen LogP contribution >= 0.6 is 27.0 Å². The average molecular weight is 483 g/mol. The minimum Gasteiger partial charge on any atom is 0 e. The summed E-state index contributed by atoms with van der Waals surface area (Å²) >= 11 is -0.106. The molecule has 2 aromatic rings. The van der Waals surface area contributed by atoms with Crippen molar-refractivity contribution in [2.45, 2.75) is 5.66 Å². The molecule has 0 saturated carbocycles. The van der Waals surface area contributed by atoms with Crippen LogP contribution < -0.4 is 10.6 Å². The van der Waals surface area contributed by atoms with E-state index in [0.717, 1.165) is 0 Å². The maximum atomic E-state index is 4.81. The molecule has 22 heavy (non-hydrogen) atoms. The summed E-state index contributed by atoms with van der Waals surface area (Å²) in [6.07, 6.45) is 8.94. The Labute approximate surface area is 160 Å². The Kier molecular flexibility index (Phi) is 10.6. The van der Waals surface area contributed by atoms with Gasteiger partial charge in [0.05, 0.1) is 0 Å². The van der Waals surface area contributed by atoms with Gasteiger partial charge in [-0.2, -0.15) is 0 Å². The number of halogens is 2. The van der Waals surface area contributed by atoms with Gasteiger partial charge in [-0.05, 0) is 18.5 Å². The molecule has 1 aliphatic carbocycles. The van der Waals surface area contributed by atoms with E-state index in [1.54, 1.807) is 0 Å².